The maximum Gasteiger partial charge on any atom is 0.328 e. The summed E-state index contributed by atoms with van der Waals surface area (Å²) in [7, 11) is 0. The molecular formula is C14H19N5O5. The number of nitrogens with two attached hydrogens (primary N) is 1. The Morgan fingerprint density at radius 3 is 2.75 bits per heavy atom. The monoisotopic (exact) mass is 337 g/mol. The number of aromatic nitrogens is 4. The van der Waals surface area contributed by atoms with Crippen LogP contribution in [-0.4, -0.2) is 54.1 Å². The van der Waals surface area contributed by atoms with Gasteiger partial charge in [-0.25, -0.2) is 4.79 Å². The lowest BCUT2D eigenvalue weighted by Crippen LogP contribution is -2.47. The molecule has 1 aliphatic carbocycles. The molecule has 5 unspecified atom stereocenters. The van der Waals surface area contributed by atoms with E-state index in [9.17, 15) is 19.8 Å². The molecule has 1 saturated carbocycles. The van der Waals surface area contributed by atoms with E-state index >= 15 is 0 Å². The van der Waals surface area contributed by atoms with Crippen molar-refractivity contribution in [3.63, 3.8) is 0 Å². The Labute approximate surface area is 135 Å². The maximum absolute atomic E-state index is 12.5. The van der Waals surface area contributed by atoms with Crippen molar-refractivity contribution in [2.24, 2.45) is 11.8 Å². The number of nitrogen functional groups attached to an aromatic ring is 1. The van der Waals surface area contributed by atoms with Crippen LogP contribution in [0.3, 0.4) is 0 Å². The third-order valence-corrected chi connectivity index (χ3v) is 5.48. The molecule has 2 aromatic rings. The van der Waals surface area contributed by atoms with Crippen molar-refractivity contribution in [2.45, 2.75) is 37.7 Å². The summed E-state index contributed by atoms with van der Waals surface area (Å²) in [4.78, 5) is 33.3. The summed E-state index contributed by atoms with van der Waals surface area (Å²) in [6, 6.07) is -0.558. The van der Waals surface area contributed by atoms with Crippen molar-refractivity contribution in [3.05, 3.63) is 20.8 Å². The molecule has 0 amide bonds. The van der Waals surface area contributed by atoms with Gasteiger partial charge in [-0.05, 0) is 6.92 Å². The van der Waals surface area contributed by atoms with E-state index in [-0.39, 0.29) is 35.6 Å². The number of hydrogen-bond donors (Lipinski definition) is 5. The van der Waals surface area contributed by atoms with Gasteiger partial charge in [-0.3, -0.25) is 19.3 Å². The molecule has 6 atom stereocenters. The number of aliphatic hydroxyl groups excluding tert-OH is 1. The largest absolute Gasteiger partial charge is 0.396 e. The summed E-state index contributed by atoms with van der Waals surface area (Å²) in [5.41, 5.74) is 3.47. The Morgan fingerprint density at radius 1 is 1.38 bits per heavy atom. The third-order valence-electron chi connectivity index (χ3n) is 5.48. The summed E-state index contributed by atoms with van der Waals surface area (Å²) in [6.07, 6.45) is -0.869. The van der Waals surface area contributed by atoms with E-state index < -0.39 is 35.1 Å². The molecule has 6 N–H and O–H groups in total. The second-order valence-corrected chi connectivity index (χ2v) is 6.67. The second-order valence-electron chi connectivity index (χ2n) is 6.67. The molecule has 0 radical (unpaired) electrons. The van der Waals surface area contributed by atoms with E-state index in [4.69, 9.17) is 10.5 Å². The first-order chi connectivity index (χ1) is 11.3. The summed E-state index contributed by atoms with van der Waals surface area (Å²) in [5.74, 6) is -0.877. The first-order valence-electron chi connectivity index (χ1n) is 7.79. The zero-order chi connectivity index (χ0) is 17.4. The van der Waals surface area contributed by atoms with Crippen LogP contribution in [0.1, 0.15) is 19.9 Å². The van der Waals surface area contributed by atoms with Crippen LogP contribution in [0.15, 0.2) is 9.59 Å². The molecule has 2 aromatic heterocycles. The average molecular weight is 337 g/mol. The van der Waals surface area contributed by atoms with Crippen molar-refractivity contribution >= 4 is 17.1 Å². The molecule has 24 heavy (non-hydrogen) atoms. The Morgan fingerprint density at radius 2 is 2.08 bits per heavy atom. The number of anilines is 1. The predicted octanol–water partition coefficient (Wildman–Crippen LogP) is -1.69. The number of nitrogens with one attached hydrogen (secondary N) is 2. The zero-order valence-corrected chi connectivity index (χ0v) is 13.2. The van der Waals surface area contributed by atoms with E-state index in [1.807, 2.05) is 0 Å². The van der Waals surface area contributed by atoms with Crippen LogP contribution in [0.4, 0.5) is 5.95 Å². The Balaban J connectivity index is 1.90. The van der Waals surface area contributed by atoms with E-state index in [0.29, 0.717) is 0 Å². The zero-order valence-electron chi connectivity index (χ0n) is 13.2. The summed E-state index contributed by atoms with van der Waals surface area (Å²) >= 11 is 0. The second kappa shape index (κ2) is 4.68. The first-order valence-corrected chi connectivity index (χ1v) is 7.79. The molecule has 2 aliphatic rings. The van der Waals surface area contributed by atoms with Gasteiger partial charge in [0.05, 0.1) is 24.9 Å². The van der Waals surface area contributed by atoms with E-state index in [2.05, 4.69) is 15.0 Å². The standard InChI is InChI=1S/C14H19N5O5/c1-4-8(5(2)24-9-6(3-20)14(4,9)23)19-10-7(16-13(19)22)11(21)18-12(15)17-10/h4-6,8-9,20,23H,3H2,1-2H3,(H,16,22)(H3,15,17,18,21)/t4?,5?,6-,8?,9?,14?/m0/s1. The van der Waals surface area contributed by atoms with Gasteiger partial charge in [0, 0.05) is 11.8 Å². The molecule has 130 valence electrons. The summed E-state index contributed by atoms with van der Waals surface area (Å²) in [5, 5.41) is 20.2. The van der Waals surface area contributed by atoms with Crippen molar-refractivity contribution in [2.75, 3.05) is 12.3 Å². The molecule has 0 aromatic carbocycles. The van der Waals surface area contributed by atoms with Crippen LogP contribution >= 0.6 is 0 Å². The molecule has 0 bridgehead atoms. The number of hydrogen-bond acceptors (Lipinski definition) is 7. The first kappa shape index (κ1) is 15.4. The molecule has 10 nitrogen and oxygen atoms in total. The van der Waals surface area contributed by atoms with E-state index in [0.717, 1.165) is 0 Å². The lowest BCUT2D eigenvalue weighted by molar-refractivity contribution is -0.111. The Kier molecular flexibility index (Phi) is 3.00. The highest BCUT2D eigenvalue weighted by atomic mass is 16.5. The highest BCUT2D eigenvalue weighted by Crippen LogP contribution is 2.58. The Bertz CT molecular complexity index is 932. The van der Waals surface area contributed by atoms with Gasteiger partial charge in [0.25, 0.3) is 5.56 Å². The Hall–Kier alpha value is -2.17. The fourth-order valence-electron chi connectivity index (χ4n) is 4.20. The van der Waals surface area contributed by atoms with Gasteiger partial charge in [-0.2, -0.15) is 4.98 Å². The topological polar surface area (TPSA) is 159 Å². The number of fused-ring (bicyclic) bond motifs is 2. The van der Waals surface area contributed by atoms with Gasteiger partial charge >= 0.3 is 5.69 Å². The molecule has 10 heteroatoms. The van der Waals surface area contributed by atoms with Crippen LogP contribution in [0.25, 0.3) is 11.2 Å². The number of ether oxygens (including phenoxy) is 1. The molecule has 4 rings (SSSR count). The maximum atomic E-state index is 12.5. The summed E-state index contributed by atoms with van der Waals surface area (Å²) in [6.45, 7) is 3.39. The highest BCUT2D eigenvalue weighted by Gasteiger charge is 2.72. The molecule has 1 saturated heterocycles. The van der Waals surface area contributed by atoms with Crippen molar-refractivity contribution in [1.29, 1.82) is 0 Å². The lowest BCUT2D eigenvalue weighted by atomic mass is 9.87. The van der Waals surface area contributed by atoms with Crippen LogP contribution in [0.2, 0.25) is 0 Å². The number of imidazole rings is 1. The molecule has 2 fully saturated rings. The van der Waals surface area contributed by atoms with Gasteiger partial charge in [-0.1, -0.05) is 6.92 Å². The fraction of sp³-hybridized carbons (Fsp3) is 0.643. The molecule has 1 aliphatic heterocycles. The summed E-state index contributed by atoms with van der Waals surface area (Å²) < 4.78 is 7.13. The smallest absolute Gasteiger partial charge is 0.328 e. The highest BCUT2D eigenvalue weighted by molar-refractivity contribution is 5.70. The number of aromatic amines is 2. The average Bonchev–Trinajstić information content (AvgIpc) is 2.96. The van der Waals surface area contributed by atoms with E-state index in [1.165, 1.54) is 4.57 Å². The van der Waals surface area contributed by atoms with Gasteiger partial charge in [0.15, 0.2) is 11.2 Å². The molecule has 3 heterocycles. The quantitative estimate of drug-likeness (QED) is 0.437. The van der Waals surface area contributed by atoms with Crippen LogP contribution in [-0.2, 0) is 4.74 Å². The SMILES string of the molecule is CC1OC2[C@H](CO)C2(O)C(C)C1n1c(=O)[nH]c2c(=O)[nH]c(N)nc21. The van der Waals surface area contributed by atoms with Gasteiger partial charge < -0.3 is 20.7 Å². The minimum Gasteiger partial charge on any atom is -0.396 e. The minimum absolute atomic E-state index is 0.0252. The van der Waals surface area contributed by atoms with Gasteiger partial charge in [0.2, 0.25) is 5.95 Å². The van der Waals surface area contributed by atoms with Crippen molar-refractivity contribution in [1.82, 2.24) is 19.5 Å². The predicted molar refractivity (Wildman–Crippen MR) is 83.4 cm³/mol. The number of aliphatic hydroxyl groups is 2. The fourth-order valence-corrected chi connectivity index (χ4v) is 4.20. The van der Waals surface area contributed by atoms with Crippen molar-refractivity contribution in [3.8, 4) is 0 Å². The van der Waals surface area contributed by atoms with Crippen LogP contribution in [0.5, 0.6) is 0 Å². The number of rotatable bonds is 2. The third kappa shape index (κ3) is 1.73. The molecule has 0 spiro atoms. The lowest BCUT2D eigenvalue weighted by Gasteiger charge is -2.38. The minimum atomic E-state index is -1.21. The van der Waals surface area contributed by atoms with Crippen LogP contribution < -0.4 is 17.0 Å². The molecular weight excluding hydrogens is 318 g/mol. The van der Waals surface area contributed by atoms with Gasteiger partial charge in [-0.15, -0.1) is 0 Å². The normalized spacial score (nSPS) is 38.2. The van der Waals surface area contributed by atoms with Crippen molar-refractivity contribution < 1.29 is 14.9 Å². The van der Waals surface area contributed by atoms with Crippen LogP contribution in [0, 0.1) is 11.8 Å². The number of nitrogens with zero attached hydrogens (tertiary/aromatic N) is 2. The number of H-pyrrole nitrogens is 2. The van der Waals surface area contributed by atoms with E-state index in [1.54, 1.807) is 13.8 Å². The van der Waals surface area contributed by atoms with Gasteiger partial charge in [0.1, 0.15) is 5.60 Å².